The molecule has 0 bridgehead atoms. The summed E-state index contributed by atoms with van der Waals surface area (Å²) in [7, 11) is 0. The van der Waals surface area contributed by atoms with Crippen molar-refractivity contribution >= 4 is 33.2 Å². The van der Waals surface area contributed by atoms with E-state index in [0.29, 0.717) is 5.69 Å². The third-order valence-corrected chi connectivity index (χ3v) is 3.04. The smallest absolute Gasteiger partial charge is 0.257 e. The molecule has 0 spiro atoms. The molecule has 2 rings (SSSR count). The topological polar surface area (TPSA) is 55.1 Å². The van der Waals surface area contributed by atoms with Crippen molar-refractivity contribution in [3.05, 3.63) is 58.1 Å². The van der Waals surface area contributed by atoms with Gasteiger partial charge in [-0.3, -0.25) is 4.79 Å². The highest BCUT2D eigenvalue weighted by Crippen LogP contribution is 2.21. The van der Waals surface area contributed by atoms with Gasteiger partial charge < -0.3 is 11.1 Å². The van der Waals surface area contributed by atoms with Gasteiger partial charge in [0.25, 0.3) is 5.91 Å². The van der Waals surface area contributed by atoms with E-state index in [0.717, 1.165) is 12.1 Å². The number of nitrogen functional groups attached to an aromatic ring is 1. The van der Waals surface area contributed by atoms with Crippen LogP contribution in [-0.4, -0.2) is 5.91 Å². The number of anilines is 2. The Hall–Kier alpha value is -1.95. The predicted molar refractivity (Wildman–Crippen MR) is 72.9 cm³/mol. The summed E-state index contributed by atoms with van der Waals surface area (Å²) in [6.07, 6.45) is 0. The highest BCUT2D eigenvalue weighted by atomic mass is 79.9. The number of hydrogen-bond donors (Lipinski definition) is 2. The van der Waals surface area contributed by atoms with Crippen molar-refractivity contribution in [1.29, 1.82) is 0 Å². The molecule has 19 heavy (non-hydrogen) atoms. The second kappa shape index (κ2) is 5.36. The van der Waals surface area contributed by atoms with Crippen molar-refractivity contribution in [2.24, 2.45) is 0 Å². The van der Waals surface area contributed by atoms with Crippen LogP contribution >= 0.6 is 15.9 Å². The summed E-state index contributed by atoms with van der Waals surface area (Å²) >= 11 is 3.02. The lowest BCUT2D eigenvalue weighted by Crippen LogP contribution is -2.14. The molecule has 98 valence electrons. The third-order valence-electron chi connectivity index (χ3n) is 2.44. The van der Waals surface area contributed by atoms with Crippen LogP contribution < -0.4 is 11.1 Å². The Bertz CT molecular complexity index is 647. The van der Waals surface area contributed by atoms with Crippen LogP contribution in [0.15, 0.2) is 40.9 Å². The highest BCUT2D eigenvalue weighted by molar-refractivity contribution is 9.10. The third kappa shape index (κ3) is 3.08. The molecule has 2 aromatic rings. The molecule has 2 aromatic carbocycles. The second-order valence-corrected chi connectivity index (χ2v) is 4.67. The fraction of sp³-hybridized carbons (Fsp3) is 0. The van der Waals surface area contributed by atoms with E-state index in [1.165, 1.54) is 24.3 Å². The number of benzene rings is 2. The van der Waals surface area contributed by atoms with Crippen LogP contribution in [-0.2, 0) is 0 Å². The zero-order valence-corrected chi connectivity index (χ0v) is 11.2. The summed E-state index contributed by atoms with van der Waals surface area (Å²) in [5.74, 6) is -1.44. The van der Waals surface area contributed by atoms with Crippen LogP contribution in [0, 0.1) is 11.6 Å². The van der Waals surface area contributed by atoms with E-state index in [9.17, 15) is 13.6 Å². The molecule has 3 N–H and O–H groups in total. The maximum atomic E-state index is 13.0. The van der Waals surface area contributed by atoms with Gasteiger partial charge in [-0.05, 0) is 52.3 Å². The van der Waals surface area contributed by atoms with Gasteiger partial charge in [0.1, 0.15) is 11.6 Å². The molecule has 0 aliphatic heterocycles. The molecule has 0 saturated carbocycles. The summed E-state index contributed by atoms with van der Waals surface area (Å²) in [6.45, 7) is 0. The number of amides is 1. The number of carbonyl (C=O) groups is 1. The van der Waals surface area contributed by atoms with Crippen LogP contribution in [0.3, 0.4) is 0 Å². The molecule has 0 aliphatic carbocycles. The molecular formula is C13H9BrF2N2O. The summed E-state index contributed by atoms with van der Waals surface area (Å²) in [5, 5.41) is 2.55. The van der Waals surface area contributed by atoms with E-state index >= 15 is 0 Å². The first-order valence-electron chi connectivity index (χ1n) is 5.29. The number of hydrogen-bond acceptors (Lipinski definition) is 2. The summed E-state index contributed by atoms with van der Waals surface area (Å²) in [4.78, 5) is 11.9. The van der Waals surface area contributed by atoms with Crippen molar-refractivity contribution in [2.75, 3.05) is 11.1 Å². The number of rotatable bonds is 2. The summed E-state index contributed by atoms with van der Waals surface area (Å²) in [6, 6.07) is 7.55. The fourth-order valence-electron chi connectivity index (χ4n) is 1.51. The molecule has 0 saturated heterocycles. The first kappa shape index (κ1) is 13.5. The Balaban J connectivity index is 2.23. The minimum Gasteiger partial charge on any atom is -0.398 e. The van der Waals surface area contributed by atoms with Crippen LogP contribution in [0.1, 0.15) is 10.4 Å². The zero-order chi connectivity index (χ0) is 14.0. The fourth-order valence-corrected chi connectivity index (χ4v) is 1.89. The van der Waals surface area contributed by atoms with Crippen LogP contribution in [0.2, 0.25) is 0 Å². The first-order chi connectivity index (χ1) is 8.97. The molecule has 3 nitrogen and oxygen atoms in total. The Morgan fingerprint density at radius 2 is 1.89 bits per heavy atom. The van der Waals surface area contributed by atoms with E-state index in [-0.39, 0.29) is 15.7 Å². The SMILES string of the molecule is Nc1cc(F)ccc1C(=O)Nc1ccc(F)c(Br)c1. The van der Waals surface area contributed by atoms with E-state index < -0.39 is 17.5 Å². The van der Waals surface area contributed by atoms with Crippen molar-refractivity contribution in [1.82, 2.24) is 0 Å². The number of nitrogens with one attached hydrogen (secondary N) is 1. The largest absolute Gasteiger partial charge is 0.398 e. The molecule has 0 fully saturated rings. The maximum Gasteiger partial charge on any atom is 0.257 e. The van der Waals surface area contributed by atoms with Gasteiger partial charge in [-0.25, -0.2) is 8.78 Å². The van der Waals surface area contributed by atoms with Gasteiger partial charge >= 0.3 is 0 Å². The standard InChI is InChI=1S/C13H9BrF2N2O/c14-10-6-8(2-4-11(10)16)18-13(19)9-3-1-7(15)5-12(9)17/h1-6H,17H2,(H,18,19). The van der Waals surface area contributed by atoms with Crippen molar-refractivity contribution in [3.63, 3.8) is 0 Å². The van der Waals surface area contributed by atoms with Crippen molar-refractivity contribution in [2.45, 2.75) is 0 Å². The molecule has 0 unspecified atom stereocenters. The van der Waals surface area contributed by atoms with Gasteiger partial charge in [0.15, 0.2) is 0 Å². The summed E-state index contributed by atoms with van der Waals surface area (Å²) in [5.41, 5.74) is 6.16. The number of carbonyl (C=O) groups excluding carboxylic acids is 1. The Morgan fingerprint density at radius 3 is 2.53 bits per heavy atom. The van der Waals surface area contributed by atoms with Gasteiger partial charge in [-0.2, -0.15) is 0 Å². The van der Waals surface area contributed by atoms with Gasteiger partial charge in [-0.1, -0.05) is 0 Å². The van der Waals surface area contributed by atoms with Crippen molar-refractivity contribution < 1.29 is 13.6 Å². The molecule has 0 atom stereocenters. The average molecular weight is 327 g/mol. The Labute approximate surface area is 116 Å². The number of halogens is 3. The van der Waals surface area contributed by atoms with E-state index in [2.05, 4.69) is 21.2 Å². The second-order valence-electron chi connectivity index (χ2n) is 3.81. The minimum atomic E-state index is -0.515. The molecule has 0 heterocycles. The normalized spacial score (nSPS) is 10.3. The predicted octanol–water partition coefficient (Wildman–Crippen LogP) is 3.56. The molecule has 0 aliphatic rings. The molecular weight excluding hydrogens is 318 g/mol. The van der Waals surface area contributed by atoms with E-state index in [1.54, 1.807) is 0 Å². The Morgan fingerprint density at radius 1 is 1.16 bits per heavy atom. The first-order valence-corrected chi connectivity index (χ1v) is 6.08. The zero-order valence-electron chi connectivity index (χ0n) is 9.58. The van der Waals surface area contributed by atoms with Crippen LogP contribution in [0.25, 0.3) is 0 Å². The minimum absolute atomic E-state index is 0.0404. The Kier molecular flexibility index (Phi) is 3.80. The van der Waals surface area contributed by atoms with Gasteiger partial charge in [0.2, 0.25) is 0 Å². The summed E-state index contributed by atoms with van der Waals surface area (Å²) < 4.78 is 26.2. The lowest BCUT2D eigenvalue weighted by atomic mass is 10.1. The highest BCUT2D eigenvalue weighted by Gasteiger charge is 2.11. The number of nitrogens with two attached hydrogens (primary N) is 1. The van der Waals surface area contributed by atoms with Gasteiger partial charge in [-0.15, -0.1) is 0 Å². The van der Waals surface area contributed by atoms with E-state index in [4.69, 9.17) is 5.73 Å². The van der Waals surface area contributed by atoms with E-state index in [1.807, 2.05) is 0 Å². The lowest BCUT2D eigenvalue weighted by Gasteiger charge is -2.08. The lowest BCUT2D eigenvalue weighted by molar-refractivity contribution is 0.102. The van der Waals surface area contributed by atoms with Crippen LogP contribution in [0.4, 0.5) is 20.2 Å². The molecule has 6 heteroatoms. The monoisotopic (exact) mass is 326 g/mol. The van der Waals surface area contributed by atoms with Crippen molar-refractivity contribution in [3.8, 4) is 0 Å². The van der Waals surface area contributed by atoms with Gasteiger partial charge in [0.05, 0.1) is 10.0 Å². The van der Waals surface area contributed by atoms with Crippen LogP contribution in [0.5, 0.6) is 0 Å². The molecule has 0 aromatic heterocycles. The molecule has 1 amide bonds. The average Bonchev–Trinajstić information content (AvgIpc) is 2.33. The quantitative estimate of drug-likeness (QED) is 0.829. The van der Waals surface area contributed by atoms with Gasteiger partial charge in [0, 0.05) is 11.4 Å². The molecule has 0 radical (unpaired) electrons. The maximum absolute atomic E-state index is 13.0.